The molecule has 28 heavy (non-hydrogen) atoms. The van der Waals surface area contributed by atoms with Gasteiger partial charge in [-0.3, -0.25) is 9.59 Å². The Labute approximate surface area is 165 Å². The van der Waals surface area contributed by atoms with Crippen molar-refractivity contribution in [1.82, 2.24) is 10.7 Å². The largest absolute Gasteiger partial charge is 0.352 e. The highest BCUT2D eigenvalue weighted by molar-refractivity contribution is 6.01. The zero-order chi connectivity index (χ0) is 20.7. The Morgan fingerprint density at radius 1 is 1.00 bits per heavy atom. The fraction of sp³-hybridized carbons (Fsp3) is 0.318. The molecule has 0 radical (unpaired) electrons. The van der Waals surface area contributed by atoms with E-state index in [0.717, 1.165) is 11.1 Å². The standard InChI is InChI=1S/C22H26FN3O2/c1-15(13-20(27)24-14-16-5-11-19(23)12-6-16)25-26-21(28)17-7-9-18(10-8-17)22(2,3)4/h5-12H,13-14H2,1-4H3,(H,24,27)(H,26,28)/b25-15+. The maximum Gasteiger partial charge on any atom is 0.271 e. The molecule has 2 amide bonds. The lowest BCUT2D eigenvalue weighted by atomic mass is 9.87. The van der Waals surface area contributed by atoms with Crippen LogP contribution in [-0.4, -0.2) is 17.5 Å². The van der Waals surface area contributed by atoms with Crippen LogP contribution in [0.4, 0.5) is 4.39 Å². The SMILES string of the molecule is C/C(CC(=O)NCc1ccc(F)cc1)=N\NC(=O)c1ccc(C(C)(C)C)cc1. The zero-order valence-corrected chi connectivity index (χ0v) is 16.7. The van der Waals surface area contributed by atoms with Crippen LogP contribution in [0.3, 0.4) is 0 Å². The molecule has 6 heteroatoms. The van der Waals surface area contributed by atoms with Crippen molar-refractivity contribution < 1.29 is 14.0 Å². The highest BCUT2D eigenvalue weighted by Gasteiger charge is 2.14. The van der Waals surface area contributed by atoms with E-state index in [1.807, 2.05) is 12.1 Å². The van der Waals surface area contributed by atoms with Gasteiger partial charge in [0.05, 0.1) is 6.42 Å². The number of hydrazone groups is 1. The van der Waals surface area contributed by atoms with Crippen LogP contribution in [0, 0.1) is 5.82 Å². The molecule has 2 aromatic rings. The molecule has 148 valence electrons. The van der Waals surface area contributed by atoms with Crippen molar-refractivity contribution in [3.63, 3.8) is 0 Å². The second-order valence-electron chi connectivity index (χ2n) is 7.70. The van der Waals surface area contributed by atoms with Gasteiger partial charge >= 0.3 is 0 Å². The summed E-state index contributed by atoms with van der Waals surface area (Å²) in [4.78, 5) is 24.1. The summed E-state index contributed by atoms with van der Waals surface area (Å²) < 4.78 is 12.9. The molecule has 0 fully saturated rings. The van der Waals surface area contributed by atoms with Crippen LogP contribution in [0.15, 0.2) is 53.6 Å². The van der Waals surface area contributed by atoms with Crippen LogP contribution in [0.25, 0.3) is 0 Å². The fourth-order valence-electron chi connectivity index (χ4n) is 2.47. The van der Waals surface area contributed by atoms with Gasteiger partial charge in [-0.1, -0.05) is 45.0 Å². The third-order valence-corrected chi connectivity index (χ3v) is 4.18. The van der Waals surface area contributed by atoms with Gasteiger partial charge in [0.2, 0.25) is 5.91 Å². The van der Waals surface area contributed by atoms with Crippen molar-refractivity contribution in [2.45, 2.75) is 46.1 Å². The first-order chi connectivity index (χ1) is 13.1. The first-order valence-electron chi connectivity index (χ1n) is 9.10. The number of halogens is 1. The van der Waals surface area contributed by atoms with Gasteiger partial charge in [0.15, 0.2) is 0 Å². The maximum atomic E-state index is 12.9. The summed E-state index contributed by atoms with van der Waals surface area (Å²) in [5, 5.41) is 6.72. The van der Waals surface area contributed by atoms with Crippen molar-refractivity contribution in [2.75, 3.05) is 0 Å². The molecule has 0 heterocycles. The lowest BCUT2D eigenvalue weighted by Gasteiger charge is -2.18. The van der Waals surface area contributed by atoms with E-state index in [1.54, 1.807) is 31.2 Å². The number of carbonyl (C=O) groups excluding carboxylic acids is 2. The van der Waals surface area contributed by atoms with E-state index in [1.165, 1.54) is 12.1 Å². The number of carbonyl (C=O) groups is 2. The summed E-state index contributed by atoms with van der Waals surface area (Å²) in [5.74, 6) is -0.872. The molecule has 0 saturated heterocycles. The van der Waals surface area contributed by atoms with Crippen molar-refractivity contribution in [2.24, 2.45) is 5.10 Å². The summed E-state index contributed by atoms with van der Waals surface area (Å²) in [6.07, 6.45) is 0.0600. The number of nitrogens with one attached hydrogen (secondary N) is 2. The Balaban J connectivity index is 1.83. The third kappa shape index (κ3) is 6.61. The van der Waals surface area contributed by atoms with E-state index >= 15 is 0 Å². The minimum Gasteiger partial charge on any atom is -0.352 e. The molecule has 2 N–H and O–H groups in total. The first-order valence-corrected chi connectivity index (χ1v) is 9.10. The van der Waals surface area contributed by atoms with Crippen LogP contribution < -0.4 is 10.7 Å². The highest BCUT2D eigenvalue weighted by Crippen LogP contribution is 2.22. The predicted octanol–water partition coefficient (Wildman–Crippen LogP) is 3.94. The molecule has 0 aromatic heterocycles. The summed E-state index contributed by atoms with van der Waals surface area (Å²) in [7, 11) is 0. The Morgan fingerprint density at radius 2 is 1.61 bits per heavy atom. The molecular weight excluding hydrogens is 357 g/mol. The summed E-state index contributed by atoms with van der Waals surface area (Å²) in [5.41, 5.74) is 5.42. The van der Waals surface area contributed by atoms with Crippen LogP contribution in [0.1, 0.15) is 55.6 Å². The second kappa shape index (κ2) is 9.26. The molecule has 0 spiro atoms. The minimum atomic E-state index is -0.327. The van der Waals surface area contributed by atoms with Gasteiger partial charge < -0.3 is 5.32 Å². The Hall–Kier alpha value is -3.02. The molecule has 5 nitrogen and oxygen atoms in total. The van der Waals surface area contributed by atoms with Gasteiger partial charge in [0.1, 0.15) is 5.82 Å². The van der Waals surface area contributed by atoms with E-state index in [4.69, 9.17) is 0 Å². The highest BCUT2D eigenvalue weighted by atomic mass is 19.1. The predicted molar refractivity (Wildman–Crippen MR) is 109 cm³/mol. The van der Waals surface area contributed by atoms with Gasteiger partial charge in [-0.2, -0.15) is 5.10 Å². The Morgan fingerprint density at radius 3 is 2.18 bits per heavy atom. The number of nitrogens with zero attached hydrogens (tertiary/aromatic N) is 1. The maximum absolute atomic E-state index is 12.9. The minimum absolute atomic E-state index is 0.0189. The van der Waals surface area contributed by atoms with E-state index in [9.17, 15) is 14.0 Å². The van der Waals surface area contributed by atoms with Crippen LogP contribution >= 0.6 is 0 Å². The molecule has 0 aliphatic heterocycles. The molecule has 2 rings (SSSR count). The first kappa shape index (κ1) is 21.3. The third-order valence-electron chi connectivity index (χ3n) is 4.18. The van der Waals surface area contributed by atoms with E-state index in [0.29, 0.717) is 17.8 Å². The van der Waals surface area contributed by atoms with Crippen molar-refractivity contribution in [3.8, 4) is 0 Å². The summed E-state index contributed by atoms with van der Waals surface area (Å²) in [6, 6.07) is 13.3. The average Bonchev–Trinajstić information content (AvgIpc) is 2.65. The number of benzene rings is 2. The molecule has 0 saturated carbocycles. The van der Waals surface area contributed by atoms with Crippen LogP contribution in [0.5, 0.6) is 0 Å². The van der Waals surface area contributed by atoms with Crippen LogP contribution in [-0.2, 0) is 16.8 Å². The zero-order valence-electron chi connectivity index (χ0n) is 16.7. The summed E-state index contributed by atoms with van der Waals surface area (Å²) in [6.45, 7) is 8.30. The molecule has 0 unspecified atom stereocenters. The van der Waals surface area contributed by atoms with Crippen molar-refractivity contribution in [1.29, 1.82) is 0 Å². The van der Waals surface area contributed by atoms with Gasteiger partial charge in [-0.15, -0.1) is 0 Å². The number of rotatable bonds is 6. The lowest BCUT2D eigenvalue weighted by molar-refractivity contribution is -0.120. The quantitative estimate of drug-likeness (QED) is 0.586. The van der Waals surface area contributed by atoms with E-state index < -0.39 is 0 Å². The second-order valence-corrected chi connectivity index (χ2v) is 7.70. The normalized spacial score (nSPS) is 11.8. The van der Waals surface area contributed by atoms with E-state index in [2.05, 4.69) is 36.6 Å². The number of hydrogen-bond donors (Lipinski definition) is 2. The molecule has 0 bridgehead atoms. The Kier molecular flexibility index (Phi) is 7.04. The van der Waals surface area contributed by atoms with Gasteiger partial charge in [-0.25, -0.2) is 9.82 Å². The number of amides is 2. The molecule has 0 aliphatic carbocycles. The van der Waals surface area contributed by atoms with Gasteiger partial charge in [0, 0.05) is 17.8 Å². The topological polar surface area (TPSA) is 70.6 Å². The van der Waals surface area contributed by atoms with Crippen molar-refractivity contribution >= 4 is 17.5 Å². The van der Waals surface area contributed by atoms with Crippen LogP contribution in [0.2, 0.25) is 0 Å². The van der Waals surface area contributed by atoms with Gasteiger partial charge in [0.25, 0.3) is 5.91 Å². The molecular formula is C22H26FN3O2. The number of hydrogen-bond acceptors (Lipinski definition) is 3. The molecule has 0 atom stereocenters. The van der Waals surface area contributed by atoms with E-state index in [-0.39, 0.29) is 29.5 Å². The van der Waals surface area contributed by atoms with Gasteiger partial charge in [-0.05, 0) is 47.7 Å². The molecule has 0 aliphatic rings. The van der Waals surface area contributed by atoms with Crippen molar-refractivity contribution in [3.05, 3.63) is 71.0 Å². The molecule has 2 aromatic carbocycles. The lowest BCUT2D eigenvalue weighted by Crippen LogP contribution is -2.26. The smallest absolute Gasteiger partial charge is 0.271 e. The summed E-state index contributed by atoms with van der Waals surface area (Å²) >= 11 is 0. The fourth-order valence-corrected chi connectivity index (χ4v) is 2.47. The Bertz CT molecular complexity index is 851. The average molecular weight is 383 g/mol. The monoisotopic (exact) mass is 383 g/mol.